The molecule has 1 heterocycles. The average molecular weight is 225 g/mol. The van der Waals surface area contributed by atoms with Crippen molar-refractivity contribution in [3.63, 3.8) is 0 Å². The molecule has 0 fully saturated rings. The first-order chi connectivity index (χ1) is 7.54. The fraction of sp³-hybridized carbons (Fsp3) is 0.750. The van der Waals surface area contributed by atoms with E-state index in [0.29, 0.717) is 12.0 Å². The fourth-order valence-electron chi connectivity index (χ4n) is 1.73. The van der Waals surface area contributed by atoms with Crippen LogP contribution in [0.4, 0.5) is 0 Å². The summed E-state index contributed by atoms with van der Waals surface area (Å²) >= 11 is 0. The zero-order valence-corrected chi connectivity index (χ0v) is 10.9. The van der Waals surface area contributed by atoms with Gasteiger partial charge < -0.3 is 10.1 Å². The monoisotopic (exact) mass is 225 g/mol. The average Bonchev–Trinajstić information content (AvgIpc) is 2.51. The molecule has 0 saturated heterocycles. The number of methoxy groups -OCH3 is 1. The largest absolute Gasteiger partial charge is 0.383 e. The van der Waals surface area contributed by atoms with Gasteiger partial charge in [-0.1, -0.05) is 13.8 Å². The molecule has 0 aliphatic carbocycles. The number of rotatable bonds is 6. The molecular weight excluding hydrogens is 202 g/mol. The van der Waals surface area contributed by atoms with Crippen molar-refractivity contribution in [3.8, 4) is 0 Å². The molecule has 1 rings (SSSR count). The predicted molar refractivity (Wildman–Crippen MR) is 65.3 cm³/mol. The van der Waals surface area contributed by atoms with Gasteiger partial charge in [-0.3, -0.25) is 4.68 Å². The maximum atomic E-state index is 5.20. The second-order valence-electron chi connectivity index (χ2n) is 4.59. The first-order valence-electron chi connectivity index (χ1n) is 5.76. The summed E-state index contributed by atoms with van der Waals surface area (Å²) in [6.07, 6.45) is 0. The van der Waals surface area contributed by atoms with Crippen molar-refractivity contribution in [3.05, 3.63) is 17.5 Å². The topological polar surface area (TPSA) is 39.1 Å². The van der Waals surface area contributed by atoms with E-state index in [4.69, 9.17) is 4.74 Å². The SMILES string of the molecule is COCC(NCc1cc(C)nn1C)C(C)C. The van der Waals surface area contributed by atoms with Gasteiger partial charge >= 0.3 is 0 Å². The number of nitrogens with zero attached hydrogens (tertiary/aromatic N) is 2. The van der Waals surface area contributed by atoms with E-state index in [1.54, 1.807) is 7.11 Å². The minimum atomic E-state index is 0.389. The Kier molecular flexibility index (Phi) is 4.96. The number of hydrogen-bond acceptors (Lipinski definition) is 3. The molecule has 0 radical (unpaired) electrons. The molecule has 1 aromatic heterocycles. The Morgan fingerprint density at radius 2 is 2.19 bits per heavy atom. The number of aryl methyl sites for hydroxylation is 2. The molecule has 0 saturated carbocycles. The number of ether oxygens (including phenoxy) is 1. The Hall–Kier alpha value is -0.870. The second kappa shape index (κ2) is 6.01. The lowest BCUT2D eigenvalue weighted by molar-refractivity contribution is 0.146. The number of hydrogen-bond donors (Lipinski definition) is 1. The van der Waals surface area contributed by atoms with Crippen molar-refractivity contribution >= 4 is 0 Å². The maximum Gasteiger partial charge on any atom is 0.0618 e. The molecule has 0 bridgehead atoms. The Morgan fingerprint density at radius 1 is 1.50 bits per heavy atom. The second-order valence-corrected chi connectivity index (χ2v) is 4.59. The first-order valence-corrected chi connectivity index (χ1v) is 5.76. The highest BCUT2D eigenvalue weighted by Crippen LogP contribution is 2.05. The van der Waals surface area contributed by atoms with Crippen LogP contribution < -0.4 is 5.32 Å². The summed E-state index contributed by atoms with van der Waals surface area (Å²) in [6, 6.07) is 2.50. The van der Waals surface area contributed by atoms with E-state index in [9.17, 15) is 0 Å². The van der Waals surface area contributed by atoms with E-state index < -0.39 is 0 Å². The molecule has 16 heavy (non-hydrogen) atoms. The summed E-state index contributed by atoms with van der Waals surface area (Å²) in [5.74, 6) is 0.564. The molecule has 0 amide bonds. The zero-order chi connectivity index (χ0) is 12.1. The fourth-order valence-corrected chi connectivity index (χ4v) is 1.73. The molecule has 0 aliphatic rings. The van der Waals surface area contributed by atoms with Crippen LogP contribution in [0.5, 0.6) is 0 Å². The van der Waals surface area contributed by atoms with Crippen LogP contribution in [-0.2, 0) is 18.3 Å². The summed E-state index contributed by atoms with van der Waals surface area (Å²) in [6.45, 7) is 7.99. The van der Waals surface area contributed by atoms with Gasteiger partial charge in [0.25, 0.3) is 0 Å². The Labute approximate surface area is 98.0 Å². The van der Waals surface area contributed by atoms with E-state index in [1.807, 2.05) is 18.7 Å². The highest BCUT2D eigenvalue weighted by Gasteiger charge is 2.13. The third-order valence-electron chi connectivity index (χ3n) is 2.80. The van der Waals surface area contributed by atoms with Crippen molar-refractivity contribution in [1.29, 1.82) is 0 Å². The van der Waals surface area contributed by atoms with Crippen LogP contribution in [0.1, 0.15) is 25.2 Å². The molecule has 92 valence electrons. The minimum absolute atomic E-state index is 0.389. The standard InChI is InChI=1S/C12H23N3O/c1-9(2)12(8-16-5)13-7-11-6-10(3)14-15(11)4/h6,9,12-13H,7-8H2,1-5H3. The van der Waals surface area contributed by atoms with Gasteiger partial charge in [0.2, 0.25) is 0 Å². The highest BCUT2D eigenvalue weighted by molar-refractivity contribution is 5.08. The van der Waals surface area contributed by atoms with Gasteiger partial charge in [-0.05, 0) is 18.9 Å². The van der Waals surface area contributed by atoms with Crippen LogP contribution in [0, 0.1) is 12.8 Å². The van der Waals surface area contributed by atoms with Crippen LogP contribution in [-0.4, -0.2) is 29.5 Å². The zero-order valence-electron chi connectivity index (χ0n) is 10.9. The highest BCUT2D eigenvalue weighted by atomic mass is 16.5. The third kappa shape index (κ3) is 3.61. The molecule has 1 atom stereocenters. The molecule has 1 aromatic rings. The van der Waals surface area contributed by atoms with Crippen LogP contribution in [0.25, 0.3) is 0 Å². The Balaban J connectivity index is 2.51. The Morgan fingerprint density at radius 3 is 2.62 bits per heavy atom. The maximum absolute atomic E-state index is 5.20. The minimum Gasteiger partial charge on any atom is -0.383 e. The Bertz CT molecular complexity index is 320. The summed E-state index contributed by atoms with van der Waals surface area (Å²) in [4.78, 5) is 0. The van der Waals surface area contributed by atoms with E-state index >= 15 is 0 Å². The number of aromatic nitrogens is 2. The van der Waals surface area contributed by atoms with Crippen LogP contribution in [0.15, 0.2) is 6.07 Å². The molecule has 0 aromatic carbocycles. The lowest BCUT2D eigenvalue weighted by Crippen LogP contribution is -2.37. The molecule has 1 unspecified atom stereocenters. The van der Waals surface area contributed by atoms with E-state index in [2.05, 4.69) is 30.3 Å². The summed E-state index contributed by atoms with van der Waals surface area (Å²) < 4.78 is 7.13. The van der Waals surface area contributed by atoms with Gasteiger partial charge in [-0.15, -0.1) is 0 Å². The van der Waals surface area contributed by atoms with Crippen LogP contribution >= 0.6 is 0 Å². The lowest BCUT2D eigenvalue weighted by Gasteiger charge is -2.21. The van der Waals surface area contributed by atoms with Gasteiger partial charge in [0.15, 0.2) is 0 Å². The first kappa shape index (κ1) is 13.2. The summed E-state index contributed by atoms with van der Waals surface area (Å²) in [5.41, 5.74) is 2.27. The molecule has 4 heteroatoms. The van der Waals surface area contributed by atoms with Gasteiger partial charge in [-0.25, -0.2) is 0 Å². The van der Waals surface area contributed by atoms with E-state index in [0.717, 1.165) is 18.8 Å². The quantitative estimate of drug-likeness (QED) is 0.797. The predicted octanol–water partition coefficient (Wildman–Crippen LogP) is 1.49. The molecule has 1 N–H and O–H groups in total. The van der Waals surface area contributed by atoms with Crippen molar-refractivity contribution in [2.24, 2.45) is 13.0 Å². The van der Waals surface area contributed by atoms with Crippen molar-refractivity contribution in [1.82, 2.24) is 15.1 Å². The molecule has 0 spiro atoms. The number of nitrogens with one attached hydrogen (secondary N) is 1. The van der Waals surface area contributed by atoms with E-state index in [-0.39, 0.29) is 0 Å². The molecule has 4 nitrogen and oxygen atoms in total. The van der Waals surface area contributed by atoms with Gasteiger partial charge in [-0.2, -0.15) is 5.10 Å². The lowest BCUT2D eigenvalue weighted by atomic mass is 10.1. The summed E-state index contributed by atoms with van der Waals surface area (Å²) in [7, 11) is 3.72. The van der Waals surface area contributed by atoms with Gasteiger partial charge in [0.05, 0.1) is 18.0 Å². The smallest absolute Gasteiger partial charge is 0.0618 e. The van der Waals surface area contributed by atoms with Crippen LogP contribution in [0.3, 0.4) is 0 Å². The third-order valence-corrected chi connectivity index (χ3v) is 2.80. The van der Waals surface area contributed by atoms with Crippen molar-refractivity contribution < 1.29 is 4.74 Å². The van der Waals surface area contributed by atoms with Gasteiger partial charge in [0.1, 0.15) is 0 Å². The van der Waals surface area contributed by atoms with Crippen LogP contribution in [0.2, 0.25) is 0 Å². The molecular formula is C12H23N3O. The normalized spacial score (nSPS) is 13.4. The van der Waals surface area contributed by atoms with E-state index in [1.165, 1.54) is 5.69 Å². The van der Waals surface area contributed by atoms with Crippen molar-refractivity contribution in [2.45, 2.75) is 33.4 Å². The summed E-state index contributed by atoms with van der Waals surface area (Å²) in [5, 5.41) is 7.83. The van der Waals surface area contributed by atoms with Crippen molar-refractivity contribution in [2.75, 3.05) is 13.7 Å². The van der Waals surface area contributed by atoms with Gasteiger partial charge in [0, 0.05) is 26.7 Å². The molecule has 0 aliphatic heterocycles.